The Bertz CT molecular complexity index is 1330. The molecule has 0 aromatic carbocycles. The molecule has 3 N–H and O–H groups in total. The molecule has 164 valence electrons. The Hall–Kier alpha value is -4.21. The zero-order chi connectivity index (χ0) is 23.0. The Kier molecular flexibility index (Phi) is 5.13. The maximum Gasteiger partial charge on any atom is 0.413 e. The van der Waals surface area contributed by atoms with Crippen LogP contribution in [-0.4, -0.2) is 42.0 Å². The van der Waals surface area contributed by atoms with E-state index in [1.165, 1.54) is 6.20 Å². The predicted molar refractivity (Wildman–Crippen MR) is 119 cm³/mol. The summed E-state index contributed by atoms with van der Waals surface area (Å²) in [7, 11) is 0. The van der Waals surface area contributed by atoms with E-state index in [0.717, 1.165) is 11.3 Å². The van der Waals surface area contributed by atoms with Crippen molar-refractivity contribution < 1.29 is 14.3 Å². The van der Waals surface area contributed by atoms with Gasteiger partial charge in [-0.3, -0.25) is 10.1 Å². The fourth-order valence-corrected chi connectivity index (χ4v) is 3.21. The van der Waals surface area contributed by atoms with Crippen molar-refractivity contribution in [2.45, 2.75) is 33.3 Å². The van der Waals surface area contributed by atoms with Crippen molar-refractivity contribution in [1.29, 1.82) is 0 Å². The first-order valence-corrected chi connectivity index (χ1v) is 9.92. The van der Waals surface area contributed by atoms with Gasteiger partial charge in [0.15, 0.2) is 11.6 Å². The molecule has 4 rings (SSSR count). The number of aryl methyl sites for hydroxylation is 1. The molecule has 4 aromatic heterocycles. The van der Waals surface area contributed by atoms with E-state index in [0.29, 0.717) is 28.4 Å². The molecule has 2 amide bonds. The van der Waals surface area contributed by atoms with Crippen LogP contribution in [0.2, 0.25) is 0 Å². The van der Waals surface area contributed by atoms with E-state index >= 15 is 0 Å². The molecule has 4 heterocycles. The summed E-state index contributed by atoms with van der Waals surface area (Å²) in [6.45, 7) is 7.23. The summed E-state index contributed by atoms with van der Waals surface area (Å²) < 4.78 is 8.51. The average molecular weight is 433 g/mol. The largest absolute Gasteiger partial charge is 0.444 e. The third kappa shape index (κ3) is 4.29. The monoisotopic (exact) mass is 433 g/mol. The molecule has 0 saturated heterocycles. The van der Waals surface area contributed by atoms with E-state index in [1.54, 1.807) is 48.3 Å². The Morgan fingerprint density at radius 2 is 1.94 bits per heavy atom. The molecule has 0 fully saturated rings. The highest BCUT2D eigenvalue weighted by Crippen LogP contribution is 2.27. The lowest BCUT2D eigenvalue weighted by atomic mass is 10.1. The van der Waals surface area contributed by atoms with Crippen molar-refractivity contribution in [3.05, 3.63) is 60.0 Å². The fourth-order valence-electron chi connectivity index (χ4n) is 3.21. The first-order chi connectivity index (χ1) is 15.1. The first kappa shape index (κ1) is 21.0. The predicted octanol–water partition coefficient (Wildman–Crippen LogP) is 3.34. The second-order valence-corrected chi connectivity index (χ2v) is 8.26. The number of anilines is 1. The number of carbonyl (C=O) groups is 2. The van der Waals surface area contributed by atoms with Gasteiger partial charge in [0.25, 0.3) is 5.91 Å². The molecule has 4 aromatic rings. The van der Waals surface area contributed by atoms with Crippen LogP contribution in [0, 0.1) is 6.92 Å². The summed E-state index contributed by atoms with van der Waals surface area (Å²) in [5.74, 6) is 0.292. The van der Waals surface area contributed by atoms with Gasteiger partial charge < -0.3 is 10.5 Å². The molecule has 0 spiro atoms. The minimum atomic E-state index is -0.647. The second kappa shape index (κ2) is 7.80. The summed E-state index contributed by atoms with van der Waals surface area (Å²) >= 11 is 0. The van der Waals surface area contributed by atoms with Crippen molar-refractivity contribution >= 4 is 23.3 Å². The van der Waals surface area contributed by atoms with Gasteiger partial charge in [0.1, 0.15) is 5.60 Å². The average Bonchev–Trinajstić information content (AvgIpc) is 3.30. The number of rotatable bonds is 4. The maximum atomic E-state index is 12.3. The van der Waals surface area contributed by atoms with Gasteiger partial charge >= 0.3 is 6.09 Å². The van der Waals surface area contributed by atoms with Crippen LogP contribution in [0.3, 0.4) is 0 Å². The molecule has 32 heavy (non-hydrogen) atoms. The normalized spacial score (nSPS) is 11.5. The van der Waals surface area contributed by atoms with Crippen LogP contribution in [0.25, 0.3) is 22.6 Å². The first-order valence-electron chi connectivity index (χ1n) is 9.92. The van der Waals surface area contributed by atoms with Crippen molar-refractivity contribution in [3.8, 4) is 17.1 Å². The van der Waals surface area contributed by atoms with E-state index < -0.39 is 17.6 Å². The fraction of sp³-hybridized carbons (Fsp3) is 0.227. The van der Waals surface area contributed by atoms with Gasteiger partial charge in [-0.05, 0) is 52.0 Å². The Morgan fingerprint density at radius 3 is 2.62 bits per heavy atom. The van der Waals surface area contributed by atoms with Gasteiger partial charge in [-0.1, -0.05) is 6.07 Å². The van der Waals surface area contributed by atoms with E-state index in [4.69, 9.17) is 10.5 Å². The topological polar surface area (TPSA) is 129 Å². The van der Waals surface area contributed by atoms with Gasteiger partial charge in [-0.25, -0.2) is 19.0 Å². The van der Waals surface area contributed by atoms with Crippen LogP contribution in [0.15, 0.2) is 48.8 Å². The SMILES string of the molecule is Cc1cccc(-n2nc(NC(=O)OC(C)(C)C)cc2-c2ccn3ncc(C(N)=O)c3c2)n1. The second-order valence-electron chi connectivity index (χ2n) is 8.26. The molecular formula is C22H23N7O3. The number of carbonyl (C=O) groups excluding carboxylic acids is 2. The minimum absolute atomic E-state index is 0.293. The van der Waals surface area contributed by atoms with Gasteiger partial charge in [0, 0.05) is 23.5 Å². The Morgan fingerprint density at radius 1 is 1.16 bits per heavy atom. The summed E-state index contributed by atoms with van der Waals surface area (Å²) in [5, 5.41) is 11.3. The molecule has 0 atom stereocenters. The standard InChI is InChI=1S/C22H23N7O3/c1-13-6-5-7-19(25-13)29-16(11-18(27-29)26-21(31)32-22(2,3)4)14-8-9-28-17(10-14)15(12-24-28)20(23)30/h5-12H,1-4H3,(H2,23,30)(H,26,27,31). The van der Waals surface area contributed by atoms with E-state index in [-0.39, 0.29) is 0 Å². The van der Waals surface area contributed by atoms with Gasteiger partial charge in [-0.15, -0.1) is 5.10 Å². The van der Waals surface area contributed by atoms with Gasteiger partial charge in [0.2, 0.25) is 0 Å². The van der Waals surface area contributed by atoms with Gasteiger partial charge in [-0.2, -0.15) is 5.10 Å². The Labute approximate surface area is 184 Å². The quantitative estimate of drug-likeness (QED) is 0.508. The number of amides is 2. The van der Waals surface area contributed by atoms with Gasteiger partial charge in [0.05, 0.1) is 23.0 Å². The molecule has 0 unspecified atom stereocenters. The van der Waals surface area contributed by atoms with Crippen molar-refractivity contribution in [2.75, 3.05) is 5.32 Å². The number of nitrogens with zero attached hydrogens (tertiary/aromatic N) is 5. The molecule has 0 radical (unpaired) electrons. The number of aromatic nitrogens is 5. The number of hydrogen-bond donors (Lipinski definition) is 2. The van der Waals surface area contributed by atoms with E-state index in [2.05, 4.69) is 20.5 Å². The molecule has 0 aliphatic carbocycles. The van der Waals surface area contributed by atoms with Crippen LogP contribution >= 0.6 is 0 Å². The van der Waals surface area contributed by atoms with Crippen molar-refractivity contribution in [3.63, 3.8) is 0 Å². The number of primary amides is 1. The van der Waals surface area contributed by atoms with E-state index in [9.17, 15) is 9.59 Å². The highest BCUT2D eigenvalue weighted by atomic mass is 16.6. The molecule has 10 heteroatoms. The number of nitrogens with two attached hydrogens (primary N) is 1. The van der Waals surface area contributed by atoms with Crippen LogP contribution < -0.4 is 11.1 Å². The molecule has 0 saturated carbocycles. The number of ether oxygens (including phenoxy) is 1. The zero-order valence-electron chi connectivity index (χ0n) is 18.2. The van der Waals surface area contributed by atoms with Crippen LogP contribution in [0.1, 0.15) is 36.8 Å². The van der Waals surface area contributed by atoms with Crippen molar-refractivity contribution in [1.82, 2.24) is 24.4 Å². The summed E-state index contributed by atoms with van der Waals surface area (Å²) in [6, 6.07) is 10.9. The molecule has 0 aliphatic heterocycles. The molecule has 0 bridgehead atoms. The third-order valence-corrected chi connectivity index (χ3v) is 4.51. The van der Waals surface area contributed by atoms with Crippen molar-refractivity contribution in [2.24, 2.45) is 5.73 Å². The lowest BCUT2D eigenvalue weighted by Crippen LogP contribution is -2.27. The van der Waals surface area contributed by atoms with Crippen LogP contribution in [0.4, 0.5) is 10.6 Å². The summed E-state index contributed by atoms with van der Waals surface area (Å²) in [4.78, 5) is 28.6. The lowest BCUT2D eigenvalue weighted by molar-refractivity contribution is 0.0635. The maximum absolute atomic E-state index is 12.3. The third-order valence-electron chi connectivity index (χ3n) is 4.51. The molecule has 0 aliphatic rings. The zero-order valence-corrected chi connectivity index (χ0v) is 18.2. The molecular weight excluding hydrogens is 410 g/mol. The Balaban J connectivity index is 1.82. The number of pyridine rings is 2. The lowest BCUT2D eigenvalue weighted by Gasteiger charge is -2.19. The van der Waals surface area contributed by atoms with Crippen LogP contribution in [-0.2, 0) is 4.74 Å². The minimum Gasteiger partial charge on any atom is -0.444 e. The van der Waals surface area contributed by atoms with E-state index in [1.807, 2.05) is 31.2 Å². The highest BCUT2D eigenvalue weighted by Gasteiger charge is 2.20. The van der Waals surface area contributed by atoms with Crippen LogP contribution in [0.5, 0.6) is 0 Å². The molecule has 10 nitrogen and oxygen atoms in total. The summed E-state index contributed by atoms with van der Waals surface area (Å²) in [5.41, 5.74) is 7.88. The number of fused-ring (bicyclic) bond motifs is 1. The summed E-state index contributed by atoms with van der Waals surface area (Å²) in [6.07, 6.45) is 2.53. The smallest absolute Gasteiger partial charge is 0.413 e. The highest BCUT2D eigenvalue weighted by molar-refractivity contribution is 6.00. The number of hydrogen-bond acceptors (Lipinski definition) is 6. The number of nitrogens with one attached hydrogen (secondary N) is 1.